The molecule has 0 bridgehead atoms. The van der Waals surface area contributed by atoms with Gasteiger partial charge in [0, 0.05) is 36.0 Å². The number of para-hydroxylation sites is 2. The van der Waals surface area contributed by atoms with E-state index in [1.807, 2.05) is 18.2 Å². The Labute approximate surface area is 205 Å². The lowest BCUT2D eigenvalue weighted by Gasteiger charge is -2.39. The molecule has 1 aromatic heterocycles. The van der Waals surface area contributed by atoms with Crippen molar-refractivity contribution in [2.24, 2.45) is 0 Å². The molecule has 0 N–H and O–H groups in total. The van der Waals surface area contributed by atoms with Crippen LogP contribution in [0, 0.1) is 10.2 Å². The van der Waals surface area contributed by atoms with Crippen molar-refractivity contribution in [3.8, 4) is 5.75 Å². The van der Waals surface area contributed by atoms with Gasteiger partial charge in [0.2, 0.25) is 5.58 Å². The fraction of sp³-hybridized carbons (Fsp3) is 0.346. The summed E-state index contributed by atoms with van der Waals surface area (Å²) in [5.74, 6) is 2.74. The van der Waals surface area contributed by atoms with Crippen molar-refractivity contribution >= 4 is 28.4 Å². The first-order valence-electron chi connectivity index (χ1n) is 11.8. The number of hydrogen-bond acceptors (Lipinski definition) is 7. The molecular weight excluding hydrogens is 472 g/mol. The van der Waals surface area contributed by atoms with Crippen LogP contribution in [-0.2, 0) is 19.4 Å². The number of hydrogen-bond donors (Lipinski definition) is 0. The zero-order valence-corrected chi connectivity index (χ0v) is 20.5. The number of rotatable bonds is 2. The maximum Gasteiger partial charge on any atom is 0.377 e. The molecule has 6 rings (SSSR count). The van der Waals surface area contributed by atoms with E-state index in [-0.39, 0.29) is 0 Å². The predicted molar refractivity (Wildman–Crippen MR) is 120 cm³/mol. The number of allylic oxidation sites excluding steroid dienone is 2. The molecule has 3 aliphatic heterocycles. The van der Waals surface area contributed by atoms with Crippen molar-refractivity contribution < 1.29 is 42.6 Å². The number of fused-ring (bicyclic) bond motifs is 3. The Morgan fingerprint density at radius 2 is 1.80 bits per heavy atom. The number of halogens is 1. The molecule has 0 aliphatic carbocycles. The highest BCUT2D eigenvalue weighted by Gasteiger charge is 2.31. The first kappa shape index (κ1) is 23.8. The first-order valence-corrected chi connectivity index (χ1v) is 13.0. The average Bonchev–Trinajstić information content (AvgIpc) is 3.16. The standard InChI is InChI=1S/C26H27N2O2.ClHO4/c1-3-28-22-10-4-5-11-23(22)30-24(28)16-19-14-17(2)21-15-18-8-6-12-27-13-7-9-20(25(18)27)26(21)29-19;2-1(3,4)5/h4-5,10-11,14-16H,3,6-9,12-13H2,1-2H3;(H,2,3,4,5)/q+1;/p-1. The van der Waals surface area contributed by atoms with Gasteiger partial charge in [-0.15, -0.1) is 10.2 Å². The van der Waals surface area contributed by atoms with Crippen LogP contribution in [0.2, 0.25) is 0 Å². The van der Waals surface area contributed by atoms with Crippen LogP contribution in [0.3, 0.4) is 0 Å². The van der Waals surface area contributed by atoms with Gasteiger partial charge >= 0.3 is 5.89 Å². The molecule has 8 nitrogen and oxygen atoms in total. The highest BCUT2D eigenvalue weighted by atomic mass is 35.7. The number of ether oxygens (including phenoxy) is 1. The minimum atomic E-state index is -4.94. The summed E-state index contributed by atoms with van der Waals surface area (Å²) in [5, 5.41) is 0. The quantitative estimate of drug-likeness (QED) is 0.472. The number of aromatic nitrogens is 1. The highest BCUT2D eigenvalue weighted by Crippen LogP contribution is 2.46. The van der Waals surface area contributed by atoms with Crippen LogP contribution in [-0.4, -0.2) is 13.1 Å². The van der Waals surface area contributed by atoms with E-state index >= 15 is 0 Å². The lowest BCUT2D eigenvalue weighted by Crippen LogP contribution is -2.68. The Morgan fingerprint density at radius 1 is 1.09 bits per heavy atom. The molecule has 0 saturated carbocycles. The SMILES string of the molecule is CC[n+]1c(/C=C2\C=C(C)c3cc4c5c(c3O2)CCCN5CCC4)oc2ccccc21.[O-][Cl+3]([O-])([O-])[O-]. The summed E-state index contributed by atoms with van der Waals surface area (Å²) < 4.78 is 48.9. The molecule has 3 aromatic rings. The zero-order chi connectivity index (χ0) is 24.7. The van der Waals surface area contributed by atoms with Crippen LogP contribution in [0.5, 0.6) is 5.75 Å². The van der Waals surface area contributed by atoms with Gasteiger partial charge in [0.1, 0.15) is 18.1 Å². The van der Waals surface area contributed by atoms with Gasteiger partial charge in [0.15, 0.2) is 0 Å². The maximum absolute atomic E-state index is 8.49. The van der Waals surface area contributed by atoms with Crippen molar-refractivity contribution in [3.63, 3.8) is 0 Å². The second-order valence-electron chi connectivity index (χ2n) is 8.94. The molecule has 184 valence electrons. The average molecular weight is 499 g/mol. The van der Waals surface area contributed by atoms with Crippen LogP contribution in [0.15, 0.2) is 46.6 Å². The van der Waals surface area contributed by atoms with Gasteiger partial charge in [-0.25, -0.2) is 18.6 Å². The van der Waals surface area contributed by atoms with E-state index in [9.17, 15) is 0 Å². The normalized spacial score (nSPS) is 17.8. The van der Waals surface area contributed by atoms with Crippen LogP contribution < -0.4 is 32.8 Å². The van der Waals surface area contributed by atoms with E-state index in [1.165, 1.54) is 60.3 Å². The third kappa shape index (κ3) is 4.80. The smallest absolute Gasteiger partial charge is 0.377 e. The number of nitrogens with zero attached hydrogens (tertiary/aromatic N) is 2. The molecule has 0 saturated heterocycles. The number of benzene rings is 2. The van der Waals surface area contributed by atoms with Crippen molar-refractivity contribution in [2.45, 2.75) is 46.1 Å². The third-order valence-electron chi connectivity index (χ3n) is 6.69. The highest BCUT2D eigenvalue weighted by molar-refractivity contribution is 5.82. The van der Waals surface area contributed by atoms with E-state index in [4.69, 9.17) is 27.8 Å². The fourth-order valence-corrected chi connectivity index (χ4v) is 5.36. The molecular formula is C26H27ClN2O6. The summed E-state index contributed by atoms with van der Waals surface area (Å²) in [6.45, 7) is 7.54. The minimum Gasteiger partial charge on any atom is -0.456 e. The Morgan fingerprint density at radius 3 is 2.54 bits per heavy atom. The van der Waals surface area contributed by atoms with Crippen molar-refractivity contribution in [1.82, 2.24) is 0 Å². The van der Waals surface area contributed by atoms with Gasteiger partial charge in [0.25, 0.3) is 5.52 Å². The largest absolute Gasteiger partial charge is 0.456 e. The molecule has 0 atom stereocenters. The first-order chi connectivity index (χ1) is 16.7. The summed E-state index contributed by atoms with van der Waals surface area (Å²) in [5.41, 5.74) is 8.90. The zero-order valence-electron chi connectivity index (χ0n) is 19.7. The van der Waals surface area contributed by atoms with E-state index in [0.29, 0.717) is 0 Å². The summed E-state index contributed by atoms with van der Waals surface area (Å²) >= 11 is 0. The topological polar surface area (TPSA) is 122 Å². The summed E-state index contributed by atoms with van der Waals surface area (Å²) in [6.07, 6.45) is 8.93. The van der Waals surface area contributed by atoms with Gasteiger partial charge in [-0.1, -0.05) is 12.1 Å². The Hall–Kier alpha value is -2.88. The molecule has 3 aliphatic rings. The fourth-order valence-electron chi connectivity index (χ4n) is 5.36. The molecule has 35 heavy (non-hydrogen) atoms. The predicted octanol–water partition coefficient (Wildman–Crippen LogP) is 0.520. The molecule has 0 unspecified atom stereocenters. The summed E-state index contributed by atoms with van der Waals surface area (Å²) in [6, 6.07) is 10.6. The number of oxazole rings is 1. The van der Waals surface area contributed by atoms with Gasteiger partial charge in [-0.2, -0.15) is 4.57 Å². The Balaban J connectivity index is 0.000000464. The number of aryl methyl sites for hydroxylation is 2. The second-order valence-corrected chi connectivity index (χ2v) is 9.70. The monoisotopic (exact) mass is 498 g/mol. The van der Waals surface area contributed by atoms with Crippen molar-refractivity contribution in [2.75, 3.05) is 18.0 Å². The van der Waals surface area contributed by atoms with E-state index < -0.39 is 10.2 Å². The molecule has 2 aromatic carbocycles. The van der Waals surface area contributed by atoms with Gasteiger partial charge in [-0.3, -0.25) is 0 Å². The van der Waals surface area contributed by atoms with E-state index in [2.05, 4.69) is 47.6 Å². The molecule has 0 fully saturated rings. The van der Waals surface area contributed by atoms with E-state index in [1.54, 1.807) is 0 Å². The maximum atomic E-state index is 8.49. The second kappa shape index (κ2) is 9.29. The summed E-state index contributed by atoms with van der Waals surface area (Å²) in [4.78, 5) is 2.57. The van der Waals surface area contributed by atoms with Crippen LogP contribution >= 0.6 is 0 Å². The molecule has 0 spiro atoms. The Kier molecular flexibility index (Phi) is 6.33. The van der Waals surface area contributed by atoms with Crippen molar-refractivity contribution in [1.29, 1.82) is 0 Å². The molecule has 0 amide bonds. The lowest BCUT2D eigenvalue weighted by molar-refractivity contribution is -2.00. The van der Waals surface area contributed by atoms with Crippen molar-refractivity contribution in [3.05, 3.63) is 64.7 Å². The third-order valence-corrected chi connectivity index (χ3v) is 6.69. The molecule has 0 radical (unpaired) electrons. The van der Waals surface area contributed by atoms with Crippen LogP contribution in [0.1, 0.15) is 49.3 Å². The lowest BCUT2D eigenvalue weighted by atomic mass is 9.86. The minimum absolute atomic E-state index is 0.828. The van der Waals surface area contributed by atoms with Crippen LogP contribution in [0.4, 0.5) is 5.69 Å². The Bertz CT molecular complexity index is 1330. The van der Waals surface area contributed by atoms with E-state index in [0.717, 1.165) is 41.5 Å². The van der Waals surface area contributed by atoms with Gasteiger partial charge in [-0.05, 0) is 68.9 Å². The number of anilines is 1. The molecule has 4 heterocycles. The van der Waals surface area contributed by atoms with Gasteiger partial charge in [0.05, 0.1) is 6.08 Å². The van der Waals surface area contributed by atoms with Gasteiger partial charge < -0.3 is 14.1 Å². The summed E-state index contributed by atoms with van der Waals surface area (Å²) in [7, 11) is -4.94. The molecule has 9 heteroatoms. The van der Waals surface area contributed by atoms with Crippen LogP contribution in [0.25, 0.3) is 22.7 Å².